The Morgan fingerprint density at radius 1 is 1.15 bits per heavy atom. The standard InChI is InChI=1S/C26H28FN5OS/c1-19(25(33)31(18-10-17-28)20-11-4-2-5-12-20)34-26-30-29-24(22-15-8-9-16-23(22)27)32(26)21-13-6-3-7-14-21/h2,4-5,8-9,11-12,15-16,19,21H,3,6-7,10,13-14,18H2,1H3/t19-/m1/s1. The number of hydrogen-bond donors (Lipinski definition) is 0. The molecule has 0 spiro atoms. The first kappa shape index (κ1) is 24.0. The molecule has 1 aliphatic carbocycles. The number of rotatable bonds is 8. The Morgan fingerprint density at radius 3 is 2.56 bits per heavy atom. The third kappa shape index (κ3) is 5.31. The van der Waals surface area contributed by atoms with E-state index in [1.807, 2.05) is 41.8 Å². The van der Waals surface area contributed by atoms with Crippen molar-refractivity contribution in [2.75, 3.05) is 11.4 Å². The molecule has 1 atom stereocenters. The summed E-state index contributed by atoms with van der Waals surface area (Å²) in [6.45, 7) is 2.16. The van der Waals surface area contributed by atoms with Crippen molar-refractivity contribution >= 4 is 23.4 Å². The number of para-hydroxylation sites is 1. The van der Waals surface area contributed by atoms with Crippen molar-refractivity contribution in [3.05, 3.63) is 60.4 Å². The summed E-state index contributed by atoms with van der Waals surface area (Å²) in [5.74, 6) is 0.0769. The van der Waals surface area contributed by atoms with Gasteiger partial charge in [-0.2, -0.15) is 5.26 Å². The zero-order valence-electron chi connectivity index (χ0n) is 19.2. The third-order valence-corrected chi connectivity index (χ3v) is 7.17. The SMILES string of the molecule is C[C@@H](Sc1nnc(-c2ccccc2F)n1C1CCCCC1)C(=O)N(CCC#N)c1ccccc1. The van der Waals surface area contributed by atoms with Crippen LogP contribution in [0, 0.1) is 17.1 Å². The van der Waals surface area contributed by atoms with Crippen LogP contribution in [0.2, 0.25) is 0 Å². The Hall–Kier alpha value is -3.18. The molecule has 3 aromatic rings. The number of halogens is 1. The number of carbonyl (C=O) groups excluding carboxylic acids is 1. The minimum Gasteiger partial charge on any atom is -0.310 e. The lowest BCUT2D eigenvalue weighted by atomic mass is 9.95. The van der Waals surface area contributed by atoms with Crippen LogP contribution in [0.25, 0.3) is 11.4 Å². The Morgan fingerprint density at radius 2 is 1.85 bits per heavy atom. The van der Waals surface area contributed by atoms with E-state index in [1.165, 1.54) is 24.2 Å². The molecule has 0 aliphatic heterocycles. The van der Waals surface area contributed by atoms with Crippen molar-refractivity contribution in [2.45, 2.75) is 61.9 Å². The van der Waals surface area contributed by atoms with E-state index in [1.54, 1.807) is 23.1 Å². The quantitative estimate of drug-likeness (QED) is 0.371. The molecule has 1 amide bonds. The van der Waals surface area contributed by atoms with Crippen LogP contribution in [0.5, 0.6) is 0 Å². The lowest BCUT2D eigenvalue weighted by molar-refractivity contribution is -0.117. The molecule has 176 valence electrons. The van der Waals surface area contributed by atoms with Gasteiger partial charge in [-0.3, -0.25) is 9.36 Å². The Kier molecular flexibility index (Phi) is 7.96. The smallest absolute Gasteiger partial charge is 0.240 e. The number of amides is 1. The van der Waals surface area contributed by atoms with Crippen LogP contribution >= 0.6 is 11.8 Å². The Bertz CT molecular complexity index is 1150. The van der Waals surface area contributed by atoms with Crippen LogP contribution in [0.1, 0.15) is 51.5 Å². The first-order chi connectivity index (χ1) is 16.6. The van der Waals surface area contributed by atoms with E-state index >= 15 is 0 Å². The molecule has 6 nitrogen and oxygen atoms in total. The lowest BCUT2D eigenvalue weighted by Gasteiger charge is -2.27. The van der Waals surface area contributed by atoms with Crippen LogP contribution < -0.4 is 4.90 Å². The average Bonchev–Trinajstić information content (AvgIpc) is 3.28. The second-order valence-electron chi connectivity index (χ2n) is 8.44. The molecule has 2 aromatic carbocycles. The van der Waals surface area contributed by atoms with Gasteiger partial charge in [0.1, 0.15) is 5.82 Å². The maximum absolute atomic E-state index is 14.7. The van der Waals surface area contributed by atoms with Gasteiger partial charge in [0.2, 0.25) is 5.91 Å². The van der Waals surface area contributed by atoms with Gasteiger partial charge < -0.3 is 4.90 Å². The molecule has 8 heteroatoms. The maximum atomic E-state index is 14.7. The van der Waals surface area contributed by atoms with Crippen molar-refractivity contribution in [1.29, 1.82) is 5.26 Å². The second-order valence-corrected chi connectivity index (χ2v) is 9.75. The van der Waals surface area contributed by atoms with Crippen molar-refractivity contribution in [3.63, 3.8) is 0 Å². The summed E-state index contributed by atoms with van der Waals surface area (Å²) in [6.07, 6.45) is 5.60. The molecule has 0 radical (unpaired) electrons. The minimum absolute atomic E-state index is 0.0999. The van der Waals surface area contributed by atoms with Gasteiger partial charge in [-0.1, -0.05) is 61.4 Å². The number of nitriles is 1. The van der Waals surface area contributed by atoms with Crippen molar-refractivity contribution in [2.24, 2.45) is 0 Å². The molecule has 1 aliphatic rings. The highest BCUT2D eigenvalue weighted by atomic mass is 32.2. The van der Waals surface area contributed by atoms with Gasteiger partial charge in [0.05, 0.1) is 23.3 Å². The third-order valence-electron chi connectivity index (χ3n) is 6.13. The monoisotopic (exact) mass is 477 g/mol. The first-order valence-electron chi connectivity index (χ1n) is 11.7. The molecule has 1 heterocycles. The fourth-order valence-corrected chi connectivity index (χ4v) is 5.40. The summed E-state index contributed by atoms with van der Waals surface area (Å²) in [4.78, 5) is 15.1. The van der Waals surface area contributed by atoms with E-state index in [0.29, 0.717) is 23.1 Å². The van der Waals surface area contributed by atoms with Gasteiger partial charge >= 0.3 is 0 Å². The van der Waals surface area contributed by atoms with E-state index in [0.717, 1.165) is 31.4 Å². The number of carbonyl (C=O) groups is 1. The molecule has 34 heavy (non-hydrogen) atoms. The number of anilines is 1. The summed E-state index contributed by atoms with van der Waals surface area (Å²) in [5, 5.41) is 18.0. The zero-order chi connectivity index (χ0) is 23.9. The fraction of sp³-hybridized carbons (Fsp3) is 0.385. The van der Waals surface area contributed by atoms with Crippen molar-refractivity contribution in [3.8, 4) is 17.5 Å². The summed E-state index contributed by atoms with van der Waals surface area (Å²) >= 11 is 1.34. The van der Waals surface area contributed by atoms with E-state index in [2.05, 4.69) is 16.3 Å². The minimum atomic E-state index is -0.459. The summed E-state index contributed by atoms with van der Waals surface area (Å²) in [6, 6.07) is 18.3. The van der Waals surface area contributed by atoms with Crippen LogP contribution in [0.15, 0.2) is 59.8 Å². The predicted octanol–water partition coefficient (Wildman–Crippen LogP) is 6.02. The van der Waals surface area contributed by atoms with E-state index in [4.69, 9.17) is 5.26 Å². The molecule has 0 bridgehead atoms. The molecular weight excluding hydrogens is 449 g/mol. The lowest BCUT2D eigenvalue weighted by Crippen LogP contribution is -2.37. The largest absolute Gasteiger partial charge is 0.310 e. The highest BCUT2D eigenvalue weighted by Gasteiger charge is 2.29. The Labute approximate surface area is 203 Å². The second kappa shape index (κ2) is 11.3. The topological polar surface area (TPSA) is 74.8 Å². The van der Waals surface area contributed by atoms with Gasteiger partial charge in [0.25, 0.3) is 0 Å². The van der Waals surface area contributed by atoms with Gasteiger partial charge in [0, 0.05) is 18.3 Å². The molecule has 0 unspecified atom stereocenters. The van der Waals surface area contributed by atoms with Gasteiger partial charge in [-0.15, -0.1) is 10.2 Å². The van der Waals surface area contributed by atoms with Crippen LogP contribution in [-0.2, 0) is 4.79 Å². The number of benzene rings is 2. The van der Waals surface area contributed by atoms with Crippen LogP contribution in [0.4, 0.5) is 10.1 Å². The van der Waals surface area contributed by atoms with Crippen LogP contribution in [0.3, 0.4) is 0 Å². The number of aromatic nitrogens is 3. The van der Waals surface area contributed by atoms with Gasteiger partial charge in [-0.25, -0.2) is 4.39 Å². The number of nitrogens with zero attached hydrogens (tertiary/aromatic N) is 5. The van der Waals surface area contributed by atoms with Crippen LogP contribution in [-0.4, -0.2) is 32.5 Å². The van der Waals surface area contributed by atoms with E-state index in [-0.39, 0.29) is 24.2 Å². The molecule has 0 saturated heterocycles. The first-order valence-corrected chi connectivity index (χ1v) is 12.6. The maximum Gasteiger partial charge on any atom is 0.240 e. The predicted molar refractivity (Wildman–Crippen MR) is 132 cm³/mol. The molecular formula is C26H28FN5OS. The fourth-order valence-electron chi connectivity index (χ4n) is 4.42. The van der Waals surface area contributed by atoms with Crippen molar-refractivity contribution in [1.82, 2.24) is 14.8 Å². The van der Waals surface area contributed by atoms with E-state index < -0.39 is 5.25 Å². The number of thioether (sulfide) groups is 1. The van der Waals surface area contributed by atoms with Crippen molar-refractivity contribution < 1.29 is 9.18 Å². The zero-order valence-corrected chi connectivity index (χ0v) is 20.0. The molecule has 0 N–H and O–H groups in total. The van der Waals surface area contributed by atoms with Gasteiger partial charge in [-0.05, 0) is 44.0 Å². The summed E-state index contributed by atoms with van der Waals surface area (Å²) < 4.78 is 16.7. The summed E-state index contributed by atoms with van der Waals surface area (Å²) in [7, 11) is 0. The highest BCUT2D eigenvalue weighted by Crippen LogP contribution is 2.37. The molecule has 1 aromatic heterocycles. The normalized spacial score (nSPS) is 15.0. The highest BCUT2D eigenvalue weighted by molar-refractivity contribution is 8.00. The summed E-state index contributed by atoms with van der Waals surface area (Å²) in [5.41, 5.74) is 1.18. The molecule has 1 saturated carbocycles. The van der Waals surface area contributed by atoms with Gasteiger partial charge in [0.15, 0.2) is 11.0 Å². The number of hydrogen-bond acceptors (Lipinski definition) is 5. The molecule has 1 fully saturated rings. The Balaban J connectivity index is 1.64. The average molecular weight is 478 g/mol. The molecule has 4 rings (SSSR count). The van der Waals surface area contributed by atoms with E-state index in [9.17, 15) is 9.18 Å².